The number of aryl methyl sites for hydroxylation is 1. The van der Waals surface area contributed by atoms with Crippen LogP contribution in [-0.4, -0.2) is 21.5 Å². The third-order valence-corrected chi connectivity index (χ3v) is 6.06. The lowest BCUT2D eigenvalue weighted by Gasteiger charge is -2.28. The number of nitrogens with two attached hydrogens (primary N) is 2. The second kappa shape index (κ2) is 7.82. The van der Waals surface area contributed by atoms with Gasteiger partial charge in [-0.05, 0) is 31.4 Å². The molecule has 5 rings (SSSR count). The normalized spacial score (nSPS) is 15.8. The van der Waals surface area contributed by atoms with Crippen LogP contribution in [0.4, 0.5) is 17.6 Å². The number of aromatic nitrogens is 3. The molecule has 1 unspecified atom stereocenters. The summed E-state index contributed by atoms with van der Waals surface area (Å²) in [5, 5.41) is 10.8. The number of benzene rings is 2. The maximum Gasteiger partial charge on any atom is 0.224 e. The van der Waals surface area contributed by atoms with Gasteiger partial charge in [0.25, 0.3) is 0 Å². The monoisotopic (exact) mass is 421 g/mol. The smallest absolute Gasteiger partial charge is 0.224 e. The molecule has 2 aromatic carbocycles. The summed E-state index contributed by atoms with van der Waals surface area (Å²) in [4.78, 5) is 15.6. The van der Waals surface area contributed by atoms with Crippen LogP contribution >= 0.6 is 0 Å². The highest BCUT2D eigenvalue weighted by atomic mass is 15.3. The molecule has 32 heavy (non-hydrogen) atoms. The Labute approximate surface area is 186 Å². The molecule has 7 heteroatoms. The van der Waals surface area contributed by atoms with E-state index in [9.17, 15) is 5.26 Å². The van der Waals surface area contributed by atoms with Crippen LogP contribution in [0.1, 0.15) is 35.6 Å². The molecule has 0 amide bonds. The lowest BCUT2D eigenvalue weighted by atomic mass is 9.95. The van der Waals surface area contributed by atoms with Gasteiger partial charge in [-0.2, -0.15) is 15.2 Å². The fourth-order valence-corrected chi connectivity index (χ4v) is 4.59. The Morgan fingerprint density at radius 2 is 1.84 bits per heavy atom. The molecule has 0 radical (unpaired) electrons. The fraction of sp³-hybridized carbons (Fsp3) is 0.200. The van der Waals surface area contributed by atoms with Crippen LogP contribution in [0, 0.1) is 18.3 Å². The van der Waals surface area contributed by atoms with Gasteiger partial charge >= 0.3 is 0 Å². The Hall–Kier alpha value is -4.18. The zero-order valence-corrected chi connectivity index (χ0v) is 17.8. The second-order valence-electron chi connectivity index (χ2n) is 8.07. The van der Waals surface area contributed by atoms with Crippen molar-refractivity contribution in [3.63, 3.8) is 0 Å². The van der Waals surface area contributed by atoms with E-state index in [1.165, 1.54) is 0 Å². The van der Waals surface area contributed by atoms with Crippen molar-refractivity contribution in [3.8, 4) is 17.3 Å². The molecule has 1 atom stereocenters. The summed E-state index contributed by atoms with van der Waals surface area (Å²) in [6.07, 6.45) is 1.87. The third kappa shape index (κ3) is 3.26. The summed E-state index contributed by atoms with van der Waals surface area (Å²) in [5.41, 5.74) is 17.4. The van der Waals surface area contributed by atoms with E-state index in [1.807, 2.05) is 18.2 Å². The van der Waals surface area contributed by atoms with Gasteiger partial charge in [0.05, 0.1) is 17.3 Å². The molecule has 0 spiro atoms. The molecular formula is C25H23N7. The highest BCUT2D eigenvalue weighted by Crippen LogP contribution is 2.42. The van der Waals surface area contributed by atoms with Crippen LogP contribution in [0.3, 0.4) is 0 Å². The van der Waals surface area contributed by atoms with Gasteiger partial charge in [-0.1, -0.05) is 48.5 Å². The SMILES string of the molecule is Cc1cccc2cc(C3CCCN3c3nc(N)nc(N)c3C#N)c(-c3ccccc3)nc12. The summed E-state index contributed by atoms with van der Waals surface area (Å²) in [6, 6.07) is 20.8. The first-order valence-electron chi connectivity index (χ1n) is 10.6. The quantitative estimate of drug-likeness (QED) is 0.504. The van der Waals surface area contributed by atoms with Crippen molar-refractivity contribution in [1.29, 1.82) is 5.26 Å². The van der Waals surface area contributed by atoms with Crippen LogP contribution in [0.5, 0.6) is 0 Å². The third-order valence-electron chi connectivity index (χ3n) is 6.06. The van der Waals surface area contributed by atoms with Gasteiger partial charge in [-0.15, -0.1) is 0 Å². The summed E-state index contributed by atoms with van der Waals surface area (Å²) in [5.74, 6) is 0.664. The standard InChI is InChI=1S/C25H23N7/c1-15-7-5-10-17-13-18(22(29-21(15)17)16-8-3-2-4-9-16)20-11-6-12-32(20)24-19(14-26)23(27)30-25(28)31-24/h2-5,7-10,13,20H,6,11-12H2,1H3,(H4,27,28,30,31). The Balaban J connectivity index is 1.73. The second-order valence-corrected chi connectivity index (χ2v) is 8.07. The molecule has 158 valence electrons. The van der Waals surface area contributed by atoms with Crippen LogP contribution in [0.2, 0.25) is 0 Å². The molecule has 0 saturated carbocycles. The minimum atomic E-state index is -0.0107. The first-order chi connectivity index (χ1) is 15.6. The number of rotatable bonds is 3. The molecule has 4 aromatic rings. The Morgan fingerprint density at radius 3 is 2.62 bits per heavy atom. The van der Waals surface area contributed by atoms with Crippen molar-refractivity contribution in [2.24, 2.45) is 0 Å². The van der Waals surface area contributed by atoms with Gasteiger partial charge in [-0.25, -0.2) is 4.98 Å². The number of fused-ring (bicyclic) bond motifs is 1. The molecule has 1 saturated heterocycles. The van der Waals surface area contributed by atoms with E-state index in [0.717, 1.165) is 52.7 Å². The van der Waals surface area contributed by atoms with Gasteiger partial charge in [-0.3, -0.25) is 0 Å². The van der Waals surface area contributed by atoms with E-state index in [0.29, 0.717) is 5.82 Å². The lowest BCUT2D eigenvalue weighted by Crippen LogP contribution is -2.26. The van der Waals surface area contributed by atoms with Gasteiger partial charge in [0.15, 0.2) is 5.82 Å². The Kier molecular flexibility index (Phi) is 4.83. The van der Waals surface area contributed by atoms with Crippen LogP contribution < -0.4 is 16.4 Å². The average molecular weight is 422 g/mol. The zero-order chi connectivity index (χ0) is 22.2. The molecular weight excluding hydrogens is 398 g/mol. The minimum absolute atomic E-state index is 0.0107. The van der Waals surface area contributed by atoms with Crippen LogP contribution in [-0.2, 0) is 0 Å². The number of pyridine rings is 1. The van der Waals surface area contributed by atoms with Crippen molar-refractivity contribution < 1.29 is 0 Å². The summed E-state index contributed by atoms with van der Waals surface area (Å²) in [7, 11) is 0. The first-order valence-corrected chi connectivity index (χ1v) is 10.6. The van der Waals surface area contributed by atoms with E-state index >= 15 is 0 Å². The van der Waals surface area contributed by atoms with Crippen molar-refractivity contribution in [3.05, 3.63) is 71.3 Å². The van der Waals surface area contributed by atoms with Crippen molar-refractivity contribution in [2.45, 2.75) is 25.8 Å². The number of nitrogen functional groups attached to an aromatic ring is 2. The van der Waals surface area contributed by atoms with Crippen molar-refractivity contribution >= 4 is 28.5 Å². The predicted molar refractivity (Wildman–Crippen MR) is 127 cm³/mol. The average Bonchev–Trinajstić information content (AvgIpc) is 3.28. The molecule has 0 bridgehead atoms. The number of para-hydroxylation sites is 1. The fourth-order valence-electron chi connectivity index (χ4n) is 4.59. The molecule has 1 fully saturated rings. The molecule has 1 aliphatic heterocycles. The van der Waals surface area contributed by atoms with E-state index in [1.54, 1.807) is 0 Å². The minimum Gasteiger partial charge on any atom is -0.382 e. The largest absolute Gasteiger partial charge is 0.382 e. The van der Waals surface area contributed by atoms with Gasteiger partial charge in [0.2, 0.25) is 5.95 Å². The van der Waals surface area contributed by atoms with Crippen LogP contribution in [0.15, 0.2) is 54.6 Å². The number of nitriles is 1. The van der Waals surface area contributed by atoms with E-state index in [2.05, 4.69) is 64.3 Å². The lowest BCUT2D eigenvalue weighted by molar-refractivity contribution is 0.710. The maximum absolute atomic E-state index is 9.72. The highest BCUT2D eigenvalue weighted by molar-refractivity contribution is 5.86. The summed E-state index contributed by atoms with van der Waals surface area (Å²) < 4.78 is 0. The first kappa shape index (κ1) is 19.8. The number of nitrogens with zero attached hydrogens (tertiary/aromatic N) is 5. The van der Waals surface area contributed by atoms with Gasteiger partial charge < -0.3 is 16.4 Å². The number of hydrogen-bond acceptors (Lipinski definition) is 7. The molecule has 7 nitrogen and oxygen atoms in total. The molecule has 2 aromatic heterocycles. The Bertz CT molecular complexity index is 1360. The summed E-state index contributed by atoms with van der Waals surface area (Å²) in [6.45, 7) is 2.83. The molecule has 3 heterocycles. The van der Waals surface area contributed by atoms with Crippen molar-refractivity contribution in [1.82, 2.24) is 15.0 Å². The highest BCUT2D eigenvalue weighted by Gasteiger charge is 2.32. The predicted octanol–water partition coefficient (Wildman–Crippen LogP) is 4.38. The Morgan fingerprint density at radius 1 is 1.03 bits per heavy atom. The topological polar surface area (TPSA) is 118 Å². The molecule has 1 aliphatic rings. The van der Waals surface area contributed by atoms with E-state index in [4.69, 9.17) is 16.5 Å². The summed E-state index contributed by atoms with van der Waals surface area (Å²) >= 11 is 0. The number of hydrogen-bond donors (Lipinski definition) is 2. The van der Waals surface area contributed by atoms with Crippen LogP contribution in [0.25, 0.3) is 22.2 Å². The van der Waals surface area contributed by atoms with Crippen molar-refractivity contribution in [2.75, 3.05) is 22.9 Å². The zero-order valence-electron chi connectivity index (χ0n) is 17.8. The molecule has 0 aliphatic carbocycles. The van der Waals surface area contributed by atoms with E-state index < -0.39 is 0 Å². The van der Waals surface area contributed by atoms with E-state index in [-0.39, 0.29) is 23.4 Å². The number of anilines is 3. The van der Waals surface area contributed by atoms with Gasteiger partial charge in [0.1, 0.15) is 17.5 Å². The van der Waals surface area contributed by atoms with Gasteiger partial charge in [0, 0.05) is 23.1 Å². The maximum atomic E-state index is 9.72. The molecule has 4 N–H and O–H groups in total.